The van der Waals surface area contributed by atoms with Crippen LogP contribution < -0.4 is 0 Å². The molecule has 128 valence electrons. The van der Waals surface area contributed by atoms with Crippen molar-refractivity contribution in [2.24, 2.45) is 5.41 Å². The standard InChI is InChI=1S/C17H32BFO3/c1-14(2,3)20-11-10-15(4,5)12-13(19)18-21-16(6,7)17(8,9)22-18/h12H,10-11H2,1-9H3. The zero-order chi connectivity index (χ0) is 17.4. The van der Waals surface area contributed by atoms with Gasteiger partial charge in [-0.2, -0.15) is 0 Å². The lowest BCUT2D eigenvalue weighted by Gasteiger charge is -2.32. The van der Waals surface area contributed by atoms with Crippen LogP contribution in [0.5, 0.6) is 0 Å². The second-order valence-corrected chi connectivity index (χ2v) is 8.82. The van der Waals surface area contributed by atoms with Gasteiger partial charge in [0.2, 0.25) is 0 Å². The quantitative estimate of drug-likeness (QED) is 0.688. The third-order valence-electron chi connectivity index (χ3n) is 4.29. The summed E-state index contributed by atoms with van der Waals surface area (Å²) in [5.74, 6) is 0. The van der Waals surface area contributed by atoms with Crippen molar-refractivity contribution in [2.75, 3.05) is 6.61 Å². The van der Waals surface area contributed by atoms with E-state index < -0.39 is 18.3 Å². The highest BCUT2D eigenvalue weighted by atomic mass is 19.1. The van der Waals surface area contributed by atoms with Crippen LogP contribution in [0.1, 0.15) is 68.7 Å². The number of rotatable bonds is 5. The van der Waals surface area contributed by atoms with E-state index in [1.807, 2.05) is 62.3 Å². The van der Waals surface area contributed by atoms with Crippen molar-refractivity contribution in [1.29, 1.82) is 0 Å². The molecule has 1 heterocycles. The highest BCUT2D eigenvalue weighted by Gasteiger charge is 2.53. The normalized spacial score (nSPS) is 22.3. The van der Waals surface area contributed by atoms with Crippen molar-refractivity contribution in [1.82, 2.24) is 0 Å². The minimum Gasteiger partial charge on any atom is -0.398 e. The Labute approximate surface area is 135 Å². The molecule has 1 saturated heterocycles. The van der Waals surface area contributed by atoms with Gasteiger partial charge in [-0.1, -0.05) is 19.9 Å². The fourth-order valence-corrected chi connectivity index (χ4v) is 2.09. The Morgan fingerprint density at radius 1 is 1.05 bits per heavy atom. The second kappa shape index (κ2) is 6.25. The van der Waals surface area contributed by atoms with Crippen LogP contribution in [0, 0.1) is 5.41 Å². The monoisotopic (exact) mass is 314 g/mol. The van der Waals surface area contributed by atoms with Gasteiger partial charge >= 0.3 is 7.12 Å². The first-order valence-corrected chi connectivity index (χ1v) is 8.03. The van der Waals surface area contributed by atoms with Gasteiger partial charge < -0.3 is 14.0 Å². The van der Waals surface area contributed by atoms with E-state index in [-0.39, 0.29) is 16.7 Å². The SMILES string of the molecule is CC(C)(C=C(F)B1OC(C)(C)C(C)(C)O1)CCOC(C)(C)C. The summed E-state index contributed by atoms with van der Waals surface area (Å²) >= 11 is 0. The lowest BCUT2D eigenvalue weighted by atomic mass is 9.80. The van der Waals surface area contributed by atoms with Gasteiger partial charge in [-0.3, -0.25) is 0 Å². The van der Waals surface area contributed by atoms with Crippen molar-refractivity contribution in [3.63, 3.8) is 0 Å². The topological polar surface area (TPSA) is 27.7 Å². The van der Waals surface area contributed by atoms with Crippen molar-refractivity contribution < 1.29 is 18.4 Å². The molecule has 0 aromatic rings. The van der Waals surface area contributed by atoms with Crippen LogP contribution in [0.25, 0.3) is 0 Å². The van der Waals surface area contributed by atoms with Crippen LogP contribution in [-0.2, 0) is 14.0 Å². The van der Waals surface area contributed by atoms with E-state index in [0.717, 1.165) is 6.42 Å². The number of hydrogen-bond donors (Lipinski definition) is 0. The van der Waals surface area contributed by atoms with Gasteiger partial charge in [0.15, 0.2) is 0 Å². The number of ether oxygens (including phenoxy) is 1. The Morgan fingerprint density at radius 2 is 1.50 bits per heavy atom. The third-order valence-corrected chi connectivity index (χ3v) is 4.29. The van der Waals surface area contributed by atoms with Crippen LogP contribution >= 0.6 is 0 Å². The fraction of sp³-hybridized carbons (Fsp3) is 0.882. The summed E-state index contributed by atoms with van der Waals surface area (Å²) in [5, 5.41) is 0. The van der Waals surface area contributed by atoms with E-state index in [9.17, 15) is 4.39 Å². The fourth-order valence-electron chi connectivity index (χ4n) is 2.09. The predicted octanol–water partition coefficient (Wildman–Crippen LogP) is 4.70. The lowest BCUT2D eigenvalue weighted by molar-refractivity contribution is -0.0120. The van der Waals surface area contributed by atoms with E-state index in [2.05, 4.69) is 0 Å². The maximum absolute atomic E-state index is 14.5. The van der Waals surface area contributed by atoms with Crippen LogP contribution in [0.15, 0.2) is 11.8 Å². The summed E-state index contributed by atoms with van der Waals surface area (Å²) < 4.78 is 31.7. The van der Waals surface area contributed by atoms with Crippen molar-refractivity contribution in [2.45, 2.75) is 85.5 Å². The van der Waals surface area contributed by atoms with Gasteiger partial charge in [0, 0.05) is 6.61 Å². The van der Waals surface area contributed by atoms with Gasteiger partial charge in [-0.15, -0.1) is 0 Å². The molecule has 0 aromatic heterocycles. The summed E-state index contributed by atoms with van der Waals surface area (Å²) in [4.78, 5) is 0. The van der Waals surface area contributed by atoms with Crippen molar-refractivity contribution >= 4 is 7.12 Å². The Morgan fingerprint density at radius 3 is 1.91 bits per heavy atom. The first-order valence-electron chi connectivity index (χ1n) is 8.03. The summed E-state index contributed by atoms with van der Waals surface area (Å²) in [6.45, 7) is 18.3. The van der Waals surface area contributed by atoms with E-state index in [0.29, 0.717) is 6.61 Å². The number of halogens is 1. The molecule has 1 aliphatic heterocycles. The van der Waals surface area contributed by atoms with Crippen molar-refractivity contribution in [3.05, 3.63) is 11.8 Å². The van der Waals surface area contributed by atoms with E-state index >= 15 is 0 Å². The molecule has 5 heteroatoms. The second-order valence-electron chi connectivity index (χ2n) is 8.82. The third kappa shape index (κ3) is 5.36. The molecule has 0 unspecified atom stereocenters. The molecule has 22 heavy (non-hydrogen) atoms. The van der Waals surface area contributed by atoms with Crippen LogP contribution in [0.4, 0.5) is 4.39 Å². The zero-order valence-corrected chi connectivity index (χ0v) is 15.7. The predicted molar refractivity (Wildman–Crippen MR) is 89.4 cm³/mol. The summed E-state index contributed by atoms with van der Waals surface area (Å²) in [6.07, 6.45) is 2.33. The molecular formula is C17H32BFO3. The molecule has 3 nitrogen and oxygen atoms in total. The van der Waals surface area contributed by atoms with Gasteiger partial charge in [0.1, 0.15) is 5.73 Å². The molecule has 1 rings (SSSR count). The van der Waals surface area contributed by atoms with Crippen LogP contribution in [0.2, 0.25) is 0 Å². The average Bonchev–Trinajstić information content (AvgIpc) is 2.45. The molecule has 1 fully saturated rings. The number of allylic oxidation sites excluding steroid dienone is 1. The zero-order valence-electron chi connectivity index (χ0n) is 15.7. The Kier molecular flexibility index (Phi) is 5.59. The van der Waals surface area contributed by atoms with Crippen molar-refractivity contribution in [3.8, 4) is 0 Å². The smallest absolute Gasteiger partial charge is 0.398 e. The Hall–Kier alpha value is -0.385. The minimum atomic E-state index is -0.923. The van der Waals surface area contributed by atoms with Crippen LogP contribution in [0.3, 0.4) is 0 Å². The molecule has 1 aliphatic rings. The molecule has 0 amide bonds. The average molecular weight is 314 g/mol. The van der Waals surface area contributed by atoms with Gasteiger partial charge in [-0.25, -0.2) is 4.39 Å². The molecule has 0 atom stereocenters. The van der Waals surface area contributed by atoms with E-state index in [1.165, 1.54) is 0 Å². The van der Waals surface area contributed by atoms with E-state index in [4.69, 9.17) is 14.0 Å². The summed E-state index contributed by atoms with van der Waals surface area (Å²) in [6, 6.07) is 0. The molecule has 0 bridgehead atoms. The molecule has 0 N–H and O–H groups in total. The molecule has 0 aromatic carbocycles. The minimum absolute atomic E-state index is 0.177. The van der Waals surface area contributed by atoms with Crippen LogP contribution in [-0.4, -0.2) is 30.5 Å². The largest absolute Gasteiger partial charge is 0.524 e. The molecule has 0 saturated carbocycles. The first kappa shape index (κ1) is 19.7. The summed E-state index contributed by atoms with van der Waals surface area (Å²) in [7, 11) is -0.923. The number of hydrogen-bond acceptors (Lipinski definition) is 3. The maximum atomic E-state index is 14.5. The first-order chi connectivity index (χ1) is 9.65. The lowest BCUT2D eigenvalue weighted by Crippen LogP contribution is -2.41. The Bertz CT molecular complexity index is 406. The molecule has 0 radical (unpaired) electrons. The van der Waals surface area contributed by atoms with Gasteiger partial charge in [0.25, 0.3) is 0 Å². The maximum Gasteiger partial charge on any atom is 0.524 e. The molecular weight excluding hydrogens is 282 g/mol. The van der Waals surface area contributed by atoms with Gasteiger partial charge in [-0.05, 0) is 60.3 Å². The molecule has 0 aliphatic carbocycles. The molecule has 0 spiro atoms. The highest BCUT2D eigenvalue weighted by molar-refractivity contribution is 6.53. The highest BCUT2D eigenvalue weighted by Crippen LogP contribution is 2.39. The Balaban J connectivity index is 2.68. The van der Waals surface area contributed by atoms with Gasteiger partial charge in [0.05, 0.1) is 16.8 Å². The summed E-state index contributed by atoms with van der Waals surface area (Å²) in [5.41, 5.74) is -1.91. The van der Waals surface area contributed by atoms with E-state index in [1.54, 1.807) is 6.08 Å².